The first-order valence-electron chi connectivity index (χ1n) is 5.10. The average molecular weight is 271 g/mol. The monoisotopic (exact) mass is 271 g/mol. The highest BCUT2D eigenvalue weighted by atomic mass is 32.2. The van der Waals surface area contributed by atoms with Crippen molar-refractivity contribution in [1.29, 1.82) is 0 Å². The van der Waals surface area contributed by atoms with Crippen molar-refractivity contribution in [1.82, 2.24) is 0 Å². The molecule has 18 heavy (non-hydrogen) atoms. The number of non-ortho nitro benzene ring substituents is 1. The largest absolute Gasteiger partial charge is 0.496 e. The molecule has 0 amide bonds. The average Bonchev–Trinajstić information content (AvgIpc) is 2.35. The Labute approximate surface area is 108 Å². The normalized spacial score (nSPS) is 11.9. The van der Waals surface area contributed by atoms with Gasteiger partial charge in [-0.1, -0.05) is 0 Å². The topological polar surface area (TPSA) is 89.7 Å². The zero-order chi connectivity index (χ0) is 13.7. The van der Waals surface area contributed by atoms with E-state index >= 15 is 0 Å². The molecule has 0 fully saturated rings. The van der Waals surface area contributed by atoms with Gasteiger partial charge in [-0.2, -0.15) is 0 Å². The van der Waals surface area contributed by atoms with Gasteiger partial charge >= 0.3 is 5.97 Å². The molecule has 0 aromatic heterocycles. The number of ether oxygens (including phenoxy) is 1. The molecule has 0 bridgehead atoms. The summed E-state index contributed by atoms with van der Waals surface area (Å²) in [4.78, 5) is 20.9. The van der Waals surface area contributed by atoms with Gasteiger partial charge in [0.25, 0.3) is 5.69 Å². The first-order chi connectivity index (χ1) is 8.43. The van der Waals surface area contributed by atoms with Gasteiger partial charge in [0.05, 0.1) is 23.3 Å². The van der Waals surface area contributed by atoms with Gasteiger partial charge in [0.15, 0.2) is 0 Å². The van der Waals surface area contributed by atoms with Gasteiger partial charge < -0.3 is 9.84 Å². The number of nitrogens with zero attached hydrogens (tertiary/aromatic N) is 1. The lowest BCUT2D eigenvalue weighted by molar-refractivity contribution is -0.385. The van der Waals surface area contributed by atoms with Crippen LogP contribution >= 0.6 is 11.8 Å². The van der Waals surface area contributed by atoms with Crippen LogP contribution in [0.3, 0.4) is 0 Å². The Morgan fingerprint density at radius 3 is 2.72 bits per heavy atom. The van der Waals surface area contributed by atoms with Gasteiger partial charge in [0.1, 0.15) is 5.75 Å². The second kappa shape index (κ2) is 6.25. The lowest BCUT2D eigenvalue weighted by atomic mass is 10.2. The van der Waals surface area contributed by atoms with Crippen molar-refractivity contribution in [2.45, 2.75) is 17.9 Å². The minimum absolute atomic E-state index is 0.0621. The molecule has 7 heteroatoms. The predicted octanol–water partition coefficient (Wildman–Crippen LogP) is 2.31. The van der Waals surface area contributed by atoms with Crippen molar-refractivity contribution in [2.24, 2.45) is 0 Å². The SMILES string of the molecule is COc1cc(CSC(C)C(=O)O)cc([N+](=O)[O-])c1. The maximum atomic E-state index is 10.7. The van der Waals surface area contributed by atoms with E-state index in [0.717, 1.165) is 0 Å². The molecule has 0 aliphatic carbocycles. The maximum Gasteiger partial charge on any atom is 0.316 e. The highest BCUT2D eigenvalue weighted by Gasteiger charge is 2.14. The van der Waals surface area contributed by atoms with E-state index in [1.54, 1.807) is 13.0 Å². The van der Waals surface area contributed by atoms with Crippen LogP contribution in [0.2, 0.25) is 0 Å². The quantitative estimate of drug-likeness (QED) is 0.630. The summed E-state index contributed by atoms with van der Waals surface area (Å²) in [5.41, 5.74) is 0.604. The van der Waals surface area contributed by atoms with Crippen molar-refractivity contribution in [3.63, 3.8) is 0 Å². The fourth-order valence-electron chi connectivity index (χ4n) is 1.24. The molecule has 1 atom stereocenters. The molecule has 1 aromatic rings. The van der Waals surface area contributed by atoms with Crippen molar-refractivity contribution in [3.05, 3.63) is 33.9 Å². The number of carboxylic acids is 1. The molecule has 6 nitrogen and oxygen atoms in total. The van der Waals surface area contributed by atoms with Crippen LogP contribution in [0.1, 0.15) is 12.5 Å². The van der Waals surface area contributed by atoms with Crippen LogP contribution in [-0.4, -0.2) is 28.4 Å². The molecule has 0 radical (unpaired) electrons. The van der Waals surface area contributed by atoms with Gasteiger partial charge in [0.2, 0.25) is 0 Å². The summed E-state index contributed by atoms with van der Waals surface area (Å²) in [5, 5.41) is 18.9. The summed E-state index contributed by atoms with van der Waals surface area (Å²) in [6.45, 7) is 1.57. The van der Waals surface area contributed by atoms with E-state index in [0.29, 0.717) is 17.1 Å². The molecule has 0 aliphatic rings. The summed E-state index contributed by atoms with van der Waals surface area (Å²) in [6, 6.07) is 4.41. The Morgan fingerprint density at radius 2 is 2.22 bits per heavy atom. The van der Waals surface area contributed by atoms with Crippen LogP contribution in [0.5, 0.6) is 5.75 Å². The smallest absolute Gasteiger partial charge is 0.316 e. The Morgan fingerprint density at radius 1 is 1.56 bits per heavy atom. The number of rotatable bonds is 6. The maximum absolute atomic E-state index is 10.7. The number of nitro groups is 1. The second-order valence-corrected chi connectivity index (χ2v) is 4.92. The molecule has 1 rings (SSSR count). The lowest BCUT2D eigenvalue weighted by Crippen LogP contribution is -2.11. The number of methoxy groups -OCH3 is 1. The third-order valence-corrected chi connectivity index (χ3v) is 3.45. The van der Waals surface area contributed by atoms with Gasteiger partial charge in [-0.25, -0.2) is 0 Å². The molecule has 98 valence electrons. The number of hydrogen-bond acceptors (Lipinski definition) is 5. The van der Waals surface area contributed by atoms with Gasteiger partial charge in [0, 0.05) is 11.8 Å². The highest BCUT2D eigenvalue weighted by Crippen LogP contribution is 2.26. The second-order valence-electron chi connectivity index (χ2n) is 3.59. The molecule has 0 heterocycles. The lowest BCUT2D eigenvalue weighted by Gasteiger charge is -2.07. The molecule has 0 spiro atoms. The first kappa shape index (κ1) is 14.3. The zero-order valence-electron chi connectivity index (χ0n) is 9.95. The zero-order valence-corrected chi connectivity index (χ0v) is 10.8. The van der Waals surface area contributed by atoms with E-state index < -0.39 is 16.1 Å². The van der Waals surface area contributed by atoms with Crippen molar-refractivity contribution >= 4 is 23.4 Å². The van der Waals surface area contributed by atoms with E-state index in [1.807, 2.05) is 0 Å². The highest BCUT2D eigenvalue weighted by molar-refractivity contribution is 7.99. The summed E-state index contributed by atoms with van der Waals surface area (Å²) in [5.74, 6) is -0.133. The number of hydrogen-bond donors (Lipinski definition) is 1. The number of nitro benzene ring substituents is 1. The number of thioether (sulfide) groups is 1. The summed E-state index contributed by atoms with van der Waals surface area (Å²) < 4.78 is 4.97. The van der Waals surface area contributed by atoms with E-state index in [-0.39, 0.29) is 5.69 Å². The van der Waals surface area contributed by atoms with E-state index in [2.05, 4.69) is 0 Å². The van der Waals surface area contributed by atoms with Crippen LogP contribution in [0.25, 0.3) is 0 Å². The molecule has 0 aliphatic heterocycles. The Bertz CT molecular complexity index is 463. The van der Waals surface area contributed by atoms with Crippen LogP contribution in [0.4, 0.5) is 5.69 Å². The number of carbonyl (C=O) groups is 1. The van der Waals surface area contributed by atoms with Crippen molar-refractivity contribution in [3.8, 4) is 5.75 Å². The fourth-order valence-corrected chi connectivity index (χ4v) is 1.99. The fraction of sp³-hybridized carbons (Fsp3) is 0.364. The van der Waals surface area contributed by atoms with Crippen LogP contribution in [0, 0.1) is 10.1 Å². The van der Waals surface area contributed by atoms with Gasteiger partial charge in [-0.05, 0) is 18.6 Å². The van der Waals surface area contributed by atoms with Gasteiger partial charge in [-0.15, -0.1) is 11.8 Å². The van der Waals surface area contributed by atoms with Crippen molar-refractivity contribution in [2.75, 3.05) is 7.11 Å². The first-order valence-corrected chi connectivity index (χ1v) is 6.15. The van der Waals surface area contributed by atoms with Crippen molar-refractivity contribution < 1.29 is 19.6 Å². The predicted molar refractivity (Wildman–Crippen MR) is 68.0 cm³/mol. The molecule has 1 aromatic carbocycles. The molecular formula is C11H13NO5S. The molecule has 1 unspecified atom stereocenters. The summed E-state index contributed by atoms with van der Waals surface area (Å²) in [7, 11) is 1.43. The third kappa shape index (κ3) is 3.92. The molecule has 1 N–H and O–H groups in total. The number of benzene rings is 1. The van der Waals surface area contributed by atoms with E-state index in [9.17, 15) is 14.9 Å². The molecule has 0 saturated carbocycles. The van der Waals surface area contributed by atoms with Gasteiger partial charge in [-0.3, -0.25) is 14.9 Å². The summed E-state index contributed by atoms with van der Waals surface area (Å²) in [6.07, 6.45) is 0. The summed E-state index contributed by atoms with van der Waals surface area (Å²) >= 11 is 1.20. The standard InChI is InChI=1S/C11H13NO5S/c1-7(11(13)14)18-6-8-3-9(12(15)16)5-10(4-8)17-2/h3-5,7H,6H2,1-2H3,(H,13,14). The number of aliphatic carboxylic acids is 1. The van der Waals surface area contributed by atoms with E-state index in [1.165, 1.54) is 31.0 Å². The third-order valence-electron chi connectivity index (χ3n) is 2.25. The van der Waals surface area contributed by atoms with E-state index in [4.69, 9.17) is 9.84 Å². The van der Waals surface area contributed by atoms with Crippen LogP contribution in [-0.2, 0) is 10.5 Å². The molecular weight excluding hydrogens is 258 g/mol. The Balaban J connectivity index is 2.85. The Hall–Kier alpha value is -1.76. The number of carboxylic acid groups (broad SMARTS) is 1. The van der Waals surface area contributed by atoms with Crippen LogP contribution in [0.15, 0.2) is 18.2 Å². The minimum Gasteiger partial charge on any atom is -0.496 e. The molecule has 0 saturated heterocycles. The van der Waals surface area contributed by atoms with Crippen LogP contribution < -0.4 is 4.74 Å². The Kier molecular flexibility index (Phi) is 4.96. The minimum atomic E-state index is -0.905.